The highest BCUT2D eigenvalue weighted by Crippen LogP contribution is 2.37. The van der Waals surface area contributed by atoms with Gasteiger partial charge in [-0.1, -0.05) is 72.1 Å². The van der Waals surface area contributed by atoms with E-state index in [0.717, 1.165) is 100 Å². The van der Waals surface area contributed by atoms with E-state index in [2.05, 4.69) is 94.8 Å². The first kappa shape index (κ1) is 37.3. The third-order valence-electron chi connectivity index (χ3n) is 8.53. The first-order valence-electron chi connectivity index (χ1n) is 15.8. The minimum absolute atomic E-state index is 0. The maximum Gasteiger partial charge on any atom is 0.253 e. The van der Waals surface area contributed by atoms with Gasteiger partial charge in [-0.3, -0.25) is 4.79 Å². The van der Waals surface area contributed by atoms with Crippen LogP contribution in [-0.4, -0.2) is 43.2 Å². The van der Waals surface area contributed by atoms with Gasteiger partial charge in [0, 0.05) is 49.2 Å². The molecule has 4 rings (SSSR count). The number of anilines is 1. The van der Waals surface area contributed by atoms with Gasteiger partial charge in [0.25, 0.3) is 5.91 Å². The van der Waals surface area contributed by atoms with Gasteiger partial charge in [-0.15, -0.1) is 0 Å². The van der Waals surface area contributed by atoms with Gasteiger partial charge in [0.2, 0.25) is 0 Å². The summed E-state index contributed by atoms with van der Waals surface area (Å²) < 4.78 is 14.0. The molecule has 5 heteroatoms. The van der Waals surface area contributed by atoms with E-state index < -0.39 is 6.17 Å². The van der Waals surface area contributed by atoms with Crippen LogP contribution in [0.4, 0.5) is 10.1 Å². The number of carbonyl (C=O) groups excluding carboxylic acids is 1. The second-order valence-electron chi connectivity index (χ2n) is 11.9. The lowest BCUT2D eigenvalue weighted by atomic mass is 9.91. The van der Waals surface area contributed by atoms with E-state index in [0.29, 0.717) is 13.0 Å². The Labute approximate surface area is 273 Å². The normalized spacial score (nSPS) is 16.6. The van der Waals surface area contributed by atoms with Crippen molar-refractivity contribution < 1.29 is 9.18 Å². The molecule has 1 fully saturated rings. The number of nitrogens with zero attached hydrogens (tertiary/aromatic N) is 2. The third kappa shape index (κ3) is 9.09. The Morgan fingerprint density at radius 1 is 1.07 bits per heavy atom. The SMILES string of the molecule is C.C.C=C\C=C(/C(C)=C(C)/C=C(\C)c1ccc(C(=O)N(CCC)CCCC)cc1C)c1ccc(N2CC[C@H](F)C2)c(C2=CN2)c1. The summed E-state index contributed by atoms with van der Waals surface area (Å²) in [7, 11) is 0. The van der Waals surface area contributed by atoms with Gasteiger partial charge < -0.3 is 15.1 Å². The lowest BCUT2D eigenvalue weighted by Gasteiger charge is -2.22. The van der Waals surface area contributed by atoms with Gasteiger partial charge in [0.1, 0.15) is 6.17 Å². The third-order valence-corrected chi connectivity index (χ3v) is 8.53. The second kappa shape index (κ2) is 17.0. The quantitative estimate of drug-likeness (QED) is 0.229. The summed E-state index contributed by atoms with van der Waals surface area (Å²) in [5, 5.41) is 3.24. The molecule has 2 heterocycles. The summed E-state index contributed by atoms with van der Waals surface area (Å²) in [4.78, 5) is 17.4. The Hall–Kier alpha value is -3.86. The number of alkyl halides is 1. The maximum atomic E-state index is 14.0. The van der Waals surface area contributed by atoms with E-state index in [1.165, 1.54) is 0 Å². The van der Waals surface area contributed by atoms with Crippen molar-refractivity contribution in [2.75, 3.05) is 31.1 Å². The summed E-state index contributed by atoms with van der Waals surface area (Å²) >= 11 is 0. The Morgan fingerprint density at radius 2 is 1.78 bits per heavy atom. The molecule has 2 aliphatic heterocycles. The van der Waals surface area contributed by atoms with E-state index in [1.807, 2.05) is 29.3 Å². The second-order valence-corrected chi connectivity index (χ2v) is 11.9. The molecule has 0 aliphatic carbocycles. The monoisotopic (exact) mass is 613 g/mol. The minimum Gasteiger partial charge on any atom is -0.368 e. The van der Waals surface area contributed by atoms with Gasteiger partial charge in [0.05, 0.1) is 5.70 Å². The molecule has 2 aromatic carbocycles. The summed E-state index contributed by atoms with van der Waals surface area (Å²) in [6.45, 7) is 19.6. The number of hydrogen-bond donors (Lipinski definition) is 1. The van der Waals surface area contributed by atoms with Gasteiger partial charge in [0.15, 0.2) is 0 Å². The van der Waals surface area contributed by atoms with Gasteiger partial charge in [-0.25, -0.2) is 4.39 Å². The van der Waals surface area contributed by atoms with Crippen LogP contribution in [0.1, 0.15) is 108 Å². The van der Waals surface area contributed by atoms with Crippen molar-refractivity contribution in [3.63, 3.8) is 0 Å². The van der Waals surface area contributed by atoms with Crippen molar-refractivity contribution in [3.05, 3.63) is 106 Å². The van der Waals surface area contributed by atoms with Gasteiger partial charge >= 0.3 is 0 Å². The van der Waals surface area contributed by atoms with E-state index >= 15 is 0 Å². The summed E-state index contributed by atoms with van der Waals surface area (Å²) in [5.41, 5.74) is 12.0. The predicted molar refractivity (Wildman–Crippen MR) is 195 cm³/mol. The molecule has 244 valence electrons. The molecule has 0 aromatic heterocycles. The van der Waals surface area contributed by atoms with Crippen LogP contribution in [0.2, 0.25) is 0 Å². The molecular weight excluding hydrogens is 557 g/mol. The molecule has 0 radical (unpaired) electrons. The molecule has 0 spiro atoms. The number of rotatable bonds is 13. The molecular formula is C40H56FN3O. The highest BCUT2D eigenvalue weighted by molar-refractivity contribution is 5.95. The molecule has 1 atom stereocenters. The minimum atomic E-state index is -0.769. The summed E-state index contributed by atoms with van der Waals surface area (Å²) in [6, 6.07) is 12.6. The zero-order chi connectivity index (χ0) is 31.1. The largest absolute Gasteiger partial charge is 0.368 e. The van der Waals surface area contributed by atoms with Crippen LogP contribution >= 0.6 is 0 Å². The van der Waals surface area contributed by atoms with Crippen molar-refractivity contribution >= 4 is 28.4 Å². The standard InChI is InChI=1S/C38H48FN3O.2CH4/c1-8-11-19-41(18-10-3)38(43)31-13-15-33(28(6)22-31)27(5)21-26(4)29(7)34(12-9-2)30-14-16-37(35(23-30)36-24-40-36)42-20-17-32(39)25-42;;/h9,12-16,21-24,32,40H,2,8,10-11,17-20,25H2,1,3-7H3;2*1H4/b27-21+,29-26+,34-12+;;/t32-;;/m0../s1. The van der Waals surface area contributed by atoms with Crippen molar-refractivity contribution in [1.29, 1.82) is 0 Å². The molecule has 4 nitrogen and oxygen atoms in total. The number of allylic oxidation sites excluding steroid dienone is 7. The van der Waals surface area contributed by atoms with Gasteiger partial charge in [-0.05, 0) is 110 Å². The van der Waals surface area contributed by atoms with E-state index in [4.69, 9.17) is 0 Å². The van der Waals surface area contributed by atoms with Crippen LogP contribution < -0.4 is 10.2 Å². The Bertz CT molecular complexity index is 1480. The van der Waals surface area contributed by atoms with E-state index in [1.54, 1.807) is 0 Å². The van der Waals surface area contributed by atoms with Crippen LogP contribution in [0.25, 0.3) is 16.8 Å². The number of aryl methyl sites for hydroxylation is 1. The van der Waals surface area contributed by atoms with E-state index in [-0.39, 0.29) is 20.8 Å². The van der Waals surface area contributed by atoms with Crippen molar-refractivity contribution in [1.82, 2.24) is 10.2 Å². The smallest absolute Gasteiger partial charge is 0.253 e. The van der Waals surface area contributed by atoms with Crippen LogP contribution in [0, 0.1) is 6.92 Å². The van der Waals surface area contributed by atoms with Crippen LogP contribution in [0.15, 0.2) is 78.6 Å². The number of halogens is 1. The fourth-order valence-electron chi connectivity index (χ4n) is 5.96. The molecule has 1 amide bonds. The Kier molecular flexibility index (Phi) is 14.1. The number of amides is 1. The molecule has 0 saturated carbocycles. The van der Waals surface area contributed by atoms with Crippen molar-refractivity contribution in [2.45, 2.75) is 88.3 Å². The Morgan fingerprint density at radius 3 is 2.36 bits per heavy atom. The van der Waals surface area contributed by atoms with E-state index in [9.17, 15) is 9.18 Å². The molecule has 0 bridgehead atoms. The lowest BCUT2D eigenvalue weighted by molar-refractivity contribution is 0.0753. The summed E-state index contributed by atoms with van der Waals surface area (Å²) in [5.74, 6) is 0.120. The molecule has 0 unspecified atom stereocenters. The first-order valence-corrected chi connectivity index (χ1v) is 15.8. The zero-order valence-electron chi connectivity index (χ0n) is 26.9. The average Bonchev–Trinajstić information content (AvgIpc) is 3.76. The van der Waals surface area contributed by atoms with Crippen molar-refractivity contribution in [2.24, 2.45) is 0 Å². The highest BCUT2D eigenvalue weighted by Gasteiger charge is 2.26. The number of nitrogens with one attached hydrogen (secondary N) is 1. The Balaban J connectivity index is 0.00000353. The average molecular weight is 614 g/mol. The van der Waals surface area contributed by atoms with Crippen LogP contribution in [0.5, 0.6) is 0 Å². The number of carbonyl (C=O) groups is 1. The van der Waals surface area contributed by atoms with Gasteiger partial charge in [-0.2, -0.15) is 0 Å². The molecule has 45 heavy (non-hydrogen) atoms. The molecule has 2 aromatic rings. The van der Waals surface area contributed by atoms with Crippen LogP contribution in [0.3, 0.4) is 0 Å². The molecule has 2 aliphatic rings. The lowest BCUT2D eigenvalue weighted by Crippen LogP contribution is -2.32. The highest BCUT2D eigenvalue weighted by atomic mass is 19.1. The van der Waals surface area contributed by atoms with Crippen LogP contribution in [-0.2, 0) is 0 Å². The number of hydrogen-bond acceptors (Lipinski definition) is 3. The molecule has 1 saturated heterocycles. The number of benzene rings is 2. The predicted octanol–water partition coefficient (Wildman–Crippen LogP) is 10.4. The number of unbranched alkanes of at least 4 members (excludes halogenated alkanes) is 1. The fourth-order valence-corrected chi connectivity index (χ4v) is 5.96. The van der Waals surface area contributed by atoms with Crippen molar-refractivity contribution in [3.8, 4) is 0 Å². The summed E-state index contributed by atoms with van der Waals surface area (Å²) in [6.07, 6.45) is 11.0. The topological polar surface area (TPSA) is 45.5 Å². The zero-order valence-corrected chi connectivity index (χ0v) is 26.9. The molecule has 1 N–H and O–H groups in total. The fraction of sp³-hybridized carbons (Fsp3) is 0.425. The maximum absolute atomic E-state index is 14.0. The first-order chi connectivity index (χ1) is 20.7.